The van der Waals surface area contributed by atoms with Crippen molar-refractivity contribution in [1.29, 1.82) is 5.26 Å². The summed E-state index contributed by atoms with van der Waals surface area (Å²) >= 11 is 0. The minimum absolute atomic E-state index is 0.00959. The fourth-order valence-electron chi connectivity index (χ4n) is 2.12. The summed E-state index contributed by atoms with van der Waals surface area (Å²) < 4.78 is 15.6. The van der Waals surface area contributed by atoms with Gasteiger partial charge in [-0.1, -0.05) is 19.1 Å². The van der Waals surface area contributed by atoms with Crippen LogP contribution in [0.15, 0.2) is 30.6 Å². The van der Waals surface area contributed by atoms with E-state index in [0.717, 1.165) is 12.1 Å². The Balaban J connectivity index is 2.59. The van der Waals surface area contributed by atoms with Crippen LogP contribution >= 0.6 is 0 Å². The standard InChI is InChI=1S/C14H15FN4/c1-3-17-10(2)11-5-4-6-12(15)14(11)19-8-7-18-13(19)9-16/h4-8,10,17H,3H2,1-2H3. The van der Waals surface area contributed by atoms with Crippen molar-refractivity contribution < 1.29 is 4.39 Å². The summed E-state index contributed by atoms with van der Waals surface area (Å²) in [5, 5.41) is 12.3. The van der Waals surface area contributed by atoms with E-state index in [2.05, 4.69) is 10.3 Å². The summed E-state index contributed by atoms with van der Waals surface area (Å²) in [5.41, 5.74) is 1.18. The molecule has 0 saturated carbocycles. The molecule has 19 heavy (non-hydrogen) atoms. The van der Waals surface area contributed by atoms with Crippen LogP contribution in [-0.4, -0.2) is 16.1 Å². The van der Waals surface area contributed by atoms with E-state index in [-0.39, 0.29) is 17.7 Å². The first-order valence-corrected chi connectivity index (χ1v) is 6.14. The number of halogens is 1. The van der Waals surface area contributed by atoms with Crippen LogP contribution in [0.3, 0.4) is 0 Å². The fourth-order valence-corrected chi connectivity index (χ4v) is 2.12. The first-order valence-electron chi connectivity index (χ1n) is 6.14. The van der Waals surface area contributed by atoms with Gasteiger partial charge in [0, 0.05) is 18.4 Å². The van der Waals surface area contributed by atoms with Crippen LogP contribution in [0, 0.1) is 17.1 Å². The number of imidazole rings is 1. The van der Waals surface area contributed by atoms with E-state index in [1.807, 2.05) is 26.0 Å². The maximum Gasteiger partial charge on any atom is 0.217 e. The van der Waals surface area contributed by atoms with Gasteiger partial charge in [-0.15, -0.1) is 0 Å². The van der Waals surface area contributed by atoms with E-state index < -0.39 is 0 Å². The van der Waals surface area contributed by atoms with Gasteiger partial charge in [0.15, 0.2) is 0 Å². The molecule has 0 fully saturated rings. The van der Waals surface area contributed by atoms with Gasteiger partial charge >= 0.3 is 0 Å². The Morgan fingerprint density at radius 3 is 3.00 bits per heavy atom. The maximum absolute atomic E-state index is 14.1. The van der Waals surface area contributed by atoms with Gasteiger partial charge in [0.2, 0.25) is 5.82 Å². The monoisotopic (exact) mass is 258 g/mol. The smallest absolute Gasteiger partial charge is 0.217 e. The summed E-state index contributed by atoms with van der Waals surface area (Å²) in [6.45, 7) is 4.74. The van der Waals surface area contributed by atoms with Crippen LogP contribution in [0.4, 0.5) is 4.39 Å². The number of para-hydroxylation sites is 1. The molecule has 5 heteroatoms. The Bertz CT molecular complexity index is 612. The Labute approximate surface area is 111 Å². The second-order valence-corrected chi connectivity index (χ2v) is 4.19. The molecule has 0 aliphatic heterocycles. The first-order chi connectivity index (χ1) is 9.19. The van der Waals surface area contributed by atoms with Crippen LogP contribution < -0.4 is 5.32 Å². The molecular weight excluding hydrogens is 243 g/mol. The summed E-state index contributed by atoms with van der Waals surface area (Å²) in [6, 6.07) is 6.87. The normalized spacial score (nSPS) is 12.1. The average molecular weight is 258 g/mol. The van der Waals surface area contributed by atoms with Crippen LogP contribution in [-0.2, 0) is 0 Å². The van der Waals surface area contributed by atoms with E-state index in [1.54, 1.807) is 12.3 Å². The van der Waals surface area contributed by atoms with Gasteiger partial charge < -0.3 is 5.32 Å². The highest BCUT2D eigenvalue weighted by Gasteiger charge is 2.17. The van der Waals surface area contributed by atoms with E-state index in [1.165, 1.54) is 16.8 Å². The lowest BCUT2D eigenvalue weighted by Gasteiger charge is -2.18. The molecule has 2 rings (SSSR count). The molecule has 0 radical (unpaired) electrons. The van der Waals surface area contributed by atoms with Gasteiger partial charge in [0.05, 0.1) is 5.69 Å². The number of benzene rings is 1. The van der Waals surface area contributed by atoms with E-state index in [9.17, 15) is 4.39 Å². The molecule has 1 aromatic carbocycles. The topological polar surface area (TPSA) is 53.6 Å². The molecule has 98 valence electrons. The largest absolute Gasteiger partial charge is 0.310 e. The van der Waals surface area contributed by atoms with Crippen LogP contribution in [0.25, 0.3) is 5.69 Å². The lowest BCUT2D eigenvalue weighted by atomic mass is 10.1. The van der Waals surface area contributed by atoms with Crippen molar-refractivity contribution in [1.82, 2.24) is 14.9 Å². The third-order valence-corrected chi connectivity index (χ3v) is 2.98. The Morgan fingerprint density at radius 2 is 2.32 bits per heavy atom. The summed E-state index contributed by atoms with van der Waals surface area (Å²) in [7, 11) is 0. The van der Waals surface area contributed by atoms with Crippen molar-refractivity contribution in [2.24, 2.45) is 0 Å². The summed E-state index contributed by atoms with van der Waals surface area (Å²) in [5.74, 6) is -0.188. The Kier molecular flexibility index (Phi) is 3.93. The van der Waals surface area contributed by atoms with Crippen molar-refractivity contribution in [3.05, 3.63) is 47.8 Å². The second kappa shape index (κ2) is 5.63. The maximum atomic E-state index is 14.1. The van der Waals surface area contributed by atoms with Crippen molar-refractivity contribution in [3.63, 3.8) is 0 Å². The van der Waals surface area contributed by atoms with Gasteiger partial charge in [0.25, 0.3) is 0 Å². The highest BCUT2D eigenvalue weighted by atomic mass is 19.1. The highest BCUT2D eigenvalue weighted by Crippen LogP contribution is 2.25. The van der Waals surface area contributed by atoms with Crippen LogP contribution in [0.1, 0.15) is 31.3 Å². The molecule has 1 heterocycles. The number of hydrogen-bond donors (Lipinski definition) is 1. The molecular formula is C14H15FN4. The molecule has 1 unspecified atom stereocenters. The van der Waals surface area contributed by atoms with Crippen LogP contribution in [0.5, 0.6) is 0 Å². The van der Waals surface area contributed by atoms with Crippen molar-refractivity contribution in [2.75, 3.05) is 6.54 Å². The van der Waals surface area contributed by atoms with E-state index in [0.29, 0.717) is 5.69 Å². The highest BCUT2D eigenvalue weighted by molar-refractivity contribution is 5.46. The zero-order chi connectivity index (χ0) is 13.8. The molecule has 1 N–H and O–H groups in total. The van der Waals surface area contributed by atoms with Gasteiger partial charge in [-0.2, -0.15) is 5.26 Å². The predicted molar refractivity (Wildman–Crippen MR) is 70.3 cm³/mol. The fraction of sp³-hybridized carbons (Fsp3) is 0.286. The number of rotatable bonds is 4. The minimum Gasteiger partial charge on any atom is -0.310 e. The quantitative estimate of drug-likeness (QED) is 0.917. The molecule has 0 aliphatic carbocycles. The SMILES string of the molecule is CCNC(C)c1cccc(F)c1-n1ccnc1C#N. The summed E-state index contributed by atoms with van der Waals surface area (Å²) in [6.07, 6.45) is 3.09. The molecule has 0 amide bonds. The van der Waals surface area contributed by atoms with Gasteiger partial charge in [-0.25, -0.2) is 9.37 Å². The van der Waals surface area contributed by atoms with Gasteiger partial charge in [0.1, 0.15) is 11.9 Å². The number of nitriles is 1. The van der Waals surface area contributed by atoms with Crippen molar-refractivity contribution in [2.45, 2.75) is 19.9 Å². The third-order valence-electron chi connectivity index (χ3n) is 2.98. The van der Waals surface area contributed by atoms with Crippen molar-refractivity contribution in [3.8, 4) is 11.8 Å². The zero-order valence-corrected chi connectivity index (χ0v) is 10.9. The molecule has 0 bridgehead atoms. The zero-order valence-electron chi connectivity index (χ0n) is 10.9. The Morgan fingerprint density at radius 1 is 1.53 bits per heavy atom. The molecule has 2 aromatic rings. The Hall–Kier alpha value is -2.19. The number of nitrogens with zero attached hydrogens (tertiary/aromatic N) is 3. The average Bonchev–Trinajstić information content (AvgIpc) is 2.86. The van der Waals surface area contributed by atoms with Gasteiger partial charge in [-0.05, 0) is 25.1 Å². The second-order valence-electron chi connectivity index (χ2n) is 4.19. The summed E-state index contributed by atoms with van der Waals surface area (Å²) in [4.78, 5) is 3.91. The number of nitrogens with one attached hydrogen (secondary N) is 1. The van der Waals surface area contributed by atoms with E-state index in [4.69, 9.17) is 5.26 Å². The van der Waals surface area contributed by atoms with E-state index >= 15 is 0 Å². The molecule has 1 atom stereocenters. The first kappa shape index (κ1) is 13.2. The predicted octanol–water partition coefficient (Wildman–Crippen LogP) is 2.55. The molecule has 1 aromatic heterocycles. The van der Waals surface area contributed by atoms with Gasteiger partial charge in [-0.3, -0.25) is 4.57 Å². The third kappa shape index (κ3) is 2.49. The minimum atomic E-state index is -0.364. The number of aromatic nitrogens is 2. The lowest BCUT2D eigenvalue weighted by molar-refractivity contribution is 0.575. The van der Waals surface area contributed by atoms with Crippen molar-refractivity contribution >= 4 is 0 Å². The van der Waals surface area contributed by atoms with Crippen LogP contribution in [0.2, 0.25) is 0 Å². The molecule has 4 nitrogen and oxygen atoms in total. The molecule has 0 saturated heterocycles. The number of hydrogen-bond acceptors (Lipinski definition) is 3. The lowest BCUT2D eigenvalue weighted by Crippen LogP contribution is -2.20. The molecule has 0 aliphatic rings. The molecule has 0 spiro atoms.